The number of rotatable bonds is 9. The van der Waals surface area contributed by atoms with Crippen molar-refractivity contribution in [3.05, 3.63) is 278 Å². The van der Waals surface area contributed by atoms with Crippen molar-refractivity contribution in [2.24, 2.45) is 0 Å². The van der Waals surface area contributed by atoms with E-state index < -0.39 is 0 Å². The number of para-hydroxylation sites is 4. The van der Waals surface area contributed by atoms with Crippen molar-refractivity contribution in [2.45, 2.75) is 5.92 Å². The van der Waals surface area contributed by atoms with Crippen LogP contribution in [0.3, 0.4) is 0 Å². The van der Waals surface area contributed by atoms with E-state index in [1.165, 1.54) is 50.1 Å². The zero-order chi connectivity index (χ0) is 45.7. The van der Waals surface area contributed by atoms with Gasteiger partial charge in [-0.05, 0) is 90.5 Å². The molecule has 2 nitrogen and oxygen atoms in total. The summed E-state index contributed by atoms with van der Waals surface area (Å²) in [7, 11) is 0. The Labute approximate surface area is 401 Å². The van der Waals surface area contributed by atoms with Crippen LogP contribution in [0.5, 0.6) is 0 Å². The van der Waals surface area contributed by atoms with Gasteiger partial charge in [0.05, 0.1) is 0 Å². The van der Waals surface area contributed by atoms with Gasteiger partial charge in [-0.15, -0.1) is 0 Å². The third-order valence-electron chi connectivity index (χ3n) is 13.8. The Kier molecular flexibility index (Phi) is 9.95. The molecule has 0 N–H and O–H groups in total. The summed E-state index contributed by atoms with van der Waals surface area (Å²) in [6.45, 7) is 0. The van der Waals surface area contributed by atoms with E-state index in [0.29, 0.717) is 0 Å². The molecular formula is C67H44O2. The van der Waals surface area contributed by atoms with E-state index in [0.717, 1.165) is 77.3 Å². The fourth-order valence-corrected chi connectivity index (χ4v) is 10.4. The van der Waals surface area contributed by atoms with Crippen molar-refractivity contribution in [1.82, 2.24) is 0 Å². The molecular weight excluding hydrogens is 837 g/mol. The zero-order valence-corrected chi connectivity index (χ0v) is 37.7. The first-order valence-corrected chi connectivity index (χ1v) is 23.7. The molecule has 13 rings (SSSR count). The Bertz CT molecular complexity index is 3800. The second-order valence-corrected chi connectivity index (χ2v) is 18.0. The lowest BCUT2D eigenvalue weighted by molar-refractivity contribution is 0.669. The number of hydrogen-bond acceptors (Lipinski definition) is 2. The number of hydrogen-bond donors (Lipinski definition) is 0. The highest BCUT2D eigenvalue weighted by Gasteiger charge is 2.20. The summed E-state index contributed by atoms with van der Waals surface area (Å²) in [6.07, 6.45) is 0. The van der Waals surface area contributed by atoms with Gasteiger partial charge in [-0.3, -0.25) is 0 Å². The highest BCUT2D eigenvalue weighted by molar-refractivity contribution is 6.10. The monoisotopic (exact) mass is 880 g/mol. The van der Waals surface area contributed by atoms with Gasteiger partial charge in [-0.1, -0.05) is 243 Å². The molecule has 11 aromatic carbocycles. The van der Waals surface area contributed by atoms with Crippen LogP contribution in [0, 0.1) is 0 Å². The summed E-state index contributed by atoms with van der Waals surface area (Å²) >= 11 is 0. The Hall–Kier alpha value is -8.98. The molecule has 0 radical (unpaired) electrons. The highest BCUT2D eigenvalue weighted by Crippen LogP contribution is 2.41. The average Bonchev–Trinajstić information content (AvgIpc) is 4.01. The third-order valence-corrected chi connectivity index (χ3v) is 13.8. The van der Waals surface area contributed by atoms with Crippen LogP contribution in [0.2, 0.25) is 0 Å². The highest BCUT2D eigenvalue weighted by atomic mass is 16.3. The lowest BCUT2D eigenvalue weighted by Gasteiger charge is -2.22. The second kappa shape index (κ2) is 17.0. The maximum absolute atomic E-state index is 6.42. The van der Waals surface area contributed by atoms with Crippen molar-refractivity contribution < 1.29 is 8.83 Å². The Morgan fingerprint density at radius 3 is 1.01 bits per heavy atom. The summed E-state index contributed by atoms with van der Waals surface area (Å²) in [5, 5.41) is 4.55. The van der Waals surface area contributed by atoms with Crippen LogP contribution >= 0.6 is 0 Å². The van der Waals surface area contributed by atoms with Crippen molar-refractivity contribution in [3.63, 3.8) is 0 Å². The van der Waals surface area contributed by atoms with Crippen molar-refractivity contribution in [2.75, 3.05) is 0 Å². The SMILES string of the molecule is c1ccc(-c2cccc(-c3cccc(C(c4cccc(-c5ccc(-c6cccc7c6oc6ccccc67)cc5)c4)c4cccc(-c5ccc(-c6cccc7c6oc6ccccc67)cc5)c4)c3)c2)cc1. The Balaban J connectivity index is 0.881. The lowest BCUT2D eigenvalue weighted by atomic mass is 9.82. The van der Waals surface area contributed by atoms with Gasteiger partial charge >= 0.3 is 0 Å². The van der Waals surface area contributed by atoms with Crippen LogP contribution in [0.25, 0.3) is 111 Å². The summed E-state index contributed by atoms with van der Waals surface area (Å²) in [5.74, 6) is -0.0444. The van der Waals surface area contributed by atoms with E-state index >= 15 is 0 Å². The molecule has 69 heavy (non-hydrogen) atoms. The van der Waals surface area contributed by atoms with E-state index in [-0.39, 0.29) is 5.92 Å². The molecule has 0 bridgehead atoms. The molecule has 0 saturated carbocycles. The summed E-state index contributed by atoms with van der Waals surface area (Å²) in [6, 6.07) is 94.1. The van der Waals surface area contributed by atoms with E-state index in [4.69, 9.17) is 8.83 Å². The van der Waals surface area contributed by atoms with Crippen molar-refractivity contribution in [3.8, 4) is 66.8 Å². The number of benzene rings is 11. The van der Waals surface area contributed by atoms with Gasteiger partial charge in [0.2, 0.25) is 0 Å². The Morgan fingerprint density at radius 2 is 0.536 bits per heavy atom. The summed E-state index contributed by atoms with van der Waals surface area (Å²) in [4.78, 5) is 0. The third kappa shape index (κ3) is 7.40. The van der Waals surface area contributed by atoms with Crippen molar-refractivity contribution >= 4 is 43.9 Å². The van der Waals surface area contributed by atoms with Gasteiger partial charge in [0, 0.05) is 38.6 Å². The van der Waals surface area contributed by atoms with E-state index in [1.807, 2.05) is 24.3 Å². The summed E-state index contributed by atoms with van der Waals surface area (Å²) in [5.41, 5.74) is 21.2. The molecule has 2 aromatic heterocycles. The van der Waals surface area contributed by atoms with Gasteiger partial charge in [0.25, 0.3) is 0 Å². The molecule has 0 atom stereocenters. The van der Waals surface area contributed by atoms with Crippen LogP contribution in [-0.2, 0) is 0 Å². The van der Waals surface area contributed by atoms with Crippen LogP contribution in [0.1, 0.15) is 22.6 Å². The molecule has 0 saturated heterocycles. The average molecular weight is 881 g/mol. The first-order valence-electron chi connectivity index (χ1n) is 23.7. The van der Waals surface area contributed by atoms with Gasteiger partial charge in [-0.2, -0.15) is 0 Å². The van der Waals surface area contributed by atoms with Crippen LogP contribution in [-0.4, -0.2) is 0 Å². The minimum Gasteiger partial charge on any atom is -0.455 e. The number of furan rings is 2. The maximum Gasteiger partial charge on any atom is 0.143 e. The predicted molar refractivity (Wildman–Crippen MR) is 287 cm³/mol. The molecule has 0 spiro atoms. The van der Waals surface area contributed by atoms with Gasteiger partial charge < -0.3 is 8.83 Å². The molecule has 0 unspecified atom stereocenters. The normalized spacial score (nSPS) is 11.6. The minimum absolute atomic E-state index is 0.0444. The van der Waals surface area contributed by atoms with Gasteiger partial charge in [0.15, 0.2) is 0 Å². The van der Waals surface area contributed by atoms with E-state index in [2.05, 4.69) is 237 Å². The van der Waals surface area contributed by atoms with Crippen LogP contribution in [0.15, 0.2) is 270 Å². The lowest BCUT2D eigenvalue weighted by Crippen LogP contribution is -2.04. The molecule has 0 aliphatic carbocycles. The molecule has 2 heterocycles. The quantitative estimate of drug-likeness (QED) is 0.135. The first kappa shape index (κ1) is 40.3. The smallest absolute Gasteiger partial charge is 0.143 e. The van der Waals surface area contributed by atoms with E-state index in [9.17, 15) is 0 Å². The fourth-order valence-electron chi connectivity index (χ4n) is 10.4. The maximum atomic E-state index is 6.42. The van der Waals surface area contributed by atoms with Crippen LogP contribution in [0.4, 0.5) is 0 Å². The second-order valence-electron chi connectivity index (χ2n) is 18.0. The minimum atomic E-state index is -0.0444. The first-order chi connectivity index (χ1) is 34.2. The molecule has 0 amide bonds. The van der Waals surface area contributed by atoms with E-state index in [1.54, 1.807) is 0 Å². The Morgan fingerprint density at radius 1 is 0.217 bits per heavy atom. The molecule has 0 aliphatic heterocycles. The number of fused-ring (bicyclic) bond motifs is 6. The largest absolute Gasteiger partial charge is 0.455 e. The standard InChI is InChI=1S/C67H44O2/c1-2-14-44(15-3-1)49-16-8-19-52(40-49)53-20-11-23-56(43-53)65(54-21-9-17-50(41-54)45-32-36-47(37-33-45)57-26-12-28-61-59-24-4-6-30-63(59)68-66(57)61)55-22-10-18-51(42-55)46-34-38-48(39-35-46)58-27-13-29-62-60-25-5-7-31-64(60)69-67(58)62/h1-43,65H. The summed E-state index contributed by atoms with van der Waals surface area (Å²) < 4.78 is 12.8. The van der Waals surface area contributed by atoms with Gasteiger partial charge in [0.1, 0.15) is 22.3 Å². The topological polar surface area (TPSA) is 26.3 Å². The van der Waals surface area contributed by atoms with Crippen molar-refractivity contribution in [1.29, 1.82) is 0 Å². The molecule has 2 heteroatoms. The zero-order valence-electron chi connectivity index (χ0n) is 37.7. The van der Waals surface area contributed by atoms with Crippen LogP contribution < -0.4 is 0 Å². The van der Waals surface area contributed by atoms with Gasteiger partial charge in [-0.25, -0.2) is 0 Å². The molecule has 324 valence electrons. The predicted octanol–water partition coefficient (Wildman–Crippen LogP) is 18.7. The molecule has 0 aliphatic rings. The molecule has 0 fully saturated rings. The molecule has 13 aromatic rings. The fraction of sp³-hybridized carbons (Fsp3) is 0.0149.